The van der Waals surface area contributed by atoms with E-state index in [1.807, 2.05) is 18.2 Å². The lowest BCUT2D eigenvalue weighted by molar-refractivity contribution is 0.0382. The molecule has 0 amide bonds. The summed E-state index contributed by atoms with van der Waals surface area (Å²) < 4.78 is 5.33. The molecule has 1 aromatic carbocycles. The van der Waals surface area contributed by atoms with E-state index < -0.39 is 0 Å². The third-order valence-corrected chi connectivity index (χ3v) is 3.21. The van der Waals surface area contributed by atoms with Crippen LogP contribution in [0.4, 0.5) is 0 Å². The number of nitrogens with one attached hydrogen (secondary N) is 1. The van der Waals surface area contributed by atoms with Gasteiger partial charge in [0.15, 0.2) is 0 Å². The van der Waals surface area contributed by atoms with Crippen molar-refractivity contribution in [3.05, 3.63) is 30.1 Å². The fourth-order valence-electron chi connectivity index (χ4n) is 2.21. The topological polar surface area (TPSA) is 41.2 Å². The van der Waals surface area contributed by atoms with Crippen molar-refractivity contribution in [2.24, 2.45) is 0 Å². The molecule has 0 spiro atoms. The van der Waals surface area contributed by atoms with E-state index in [4.69, 9.17) is 4.74 Å². The van der Waals surface area contributed by atoms with E-state index in [0.29, 0.717) is 0 Å². The van der Waals surface area contributed by atoms with Crippen LogP contribution in [0.1, 0.15) is 5.82 Å². The summed E-state index contributed by atoms with van der Waals surface area (Å²) in [5.74, 6) is 1.08. The number of aromatic amines is 1. The molecule has 2 heterocycles. The van der Waals surface area contributed by atoms with Crippen LogP contribution in [0.25, 0.3) is 11.0 Å². The van der Waals surface area contributed by atoms with E-state index >= 15 is 0 Å². The first kappa shape index (κ1) is 10.7. The Hall–Kier alpha value is -1.39. The van der Waals surface area contributed by atoms with Gasteiger partial charge in [-0.2, -0.15) is 0 Å². The molecule has 90 valence electrons. The summed E-state index contributed by atoms with van der Waals surface area (Å²) in [7, 11) is 0. The largest absolute Gasteiger partial charge is 0.379 e. The Balaban J connectivity index is 1.64. The molecule has 0 unspecified atom stereocenters. The number of hydrogen-bond donors (Lipinski definition) is 1. The smallest absolute Gasteiger partial charge is 0.108 e. The van der Waals surface area contributed by atoms with E-state index in [-0.39, 0.29) is 0 Å². The number of aromatic nitrogens is 2. The molecule has 0 saturated carbocycles. The van der Waals surface area contributed by atoms with E-state index in [1.165, 1.54) is 0 Å². The Morgan fingerprint density at radius 1 is 1.24 bits per heavy atom. The SMILES string of the molecule is c1ccc2[nH]c(CCN3CCOCC3)nc2c1. The maximum Gasteiger partial charge on any atom is 0.108 e. The summed E-state index contributed by atoms with van der Waals surface area (Å²) in [4.78, 5) is 10.4. The zero-order valence-corrected chi connectivity index (χ0v) is 9.85. The zero-order valence-electron chi connectivity index (χ0n) is 9.85. The standard InChI is InChI=1S/C13H17N3O/c1-2-4-12-11(3-1)14-13(15-12)5-6-16-7-9-17-10-8-16/h1-4H,5-10H2,(H,14,15). The van der Waals surface area contributed by atoms with Gasteiger partial charge in [0, 0.05) is 26.1 Å². The Bertz CT molecular complexity index is 455. The molecule has 1 aliphatic rings. The molecular formula is C13H17N3O. The number of rotatable bonds is 3. The molecule has 1 aromatic heterocycles. The Morgan fingerprint density at radius 2 is 2.06 bits per heavy atom. The van der Waals surface area contributed by atoms with E-state index in [9.17, 15) is 0 Å². The Labute approximate surface area is 101 Å². The molecule has 1 aliphatic heterocycles. The quantitative estimate of drug-likeness (QED) is 0.869. The molecule has 4 heteroatoms. The van der Waals surface area contributed by atoms with Crippen LogP contribution >= 0.6 is 0 Å². The second-order valence-electron chi connectivity index (χ2n) is 4.40. The number of imidazole rings is 1. The van der Waals surface area contributed by atoms with Crippen molar-refractivity contribution in [3.63, 3.8) is 0 Å². The summed E-state index contributed by atoms with van der Waals surface area (Å²) in [6, 6.07) is 8.17. The molecule has 0 bridgehead atoms. The fraction of sp³-hybridized carbons (Fsp3) is 0.462. The molecule has 3 rings (SSSR count). The lowest BCUT2D eigenvalue weighted by Crippen LogP contribution is -2.37. The van der Waals surface area contributed by atoms with Crippen LogP contribution in [-0.4, -0.2) is 47.7 Å². The van der Waals surface area contributed by atoms with E-state index in [1.54, 1.807) is 0 Å². The summed E-state index contributed by atoms with van der Waals surface area (Å²) in [6.07, 6.45) is 0.981. The molecule has 1 N–H and O–H groups in total. The first-order valence-corrected chi connectivity index (χ1v) is 6.15. The monoisotopic (exact) mass is 231 g/mol. The zero-order chi connectivity index (χ0) is 11.5. The summed E-state index contributed by atoms with van der Waals surface area (Å²) in [5.41, 5.74) is 2.19. The lowest BCUT2D eigenvalue weighted by Gasteiger charge is -2.25. The highest BCUT2D eigenvalue weighted by Crippen LogP contribution is 2.11. The van der Waals surface area contributed by atoms with Crippen molar-refractivity contribution in [1.29, 1.82) is 0 Å². The van der Waals surface area contributed by atoms with Gasteiger partial charge in [0.05, 0.1) is 24.2 Å². The number of fused-ring (bicyclic) bond motifs is 1. The average Bonchev–Trinajstić information content (AvgIpc) is 2.80. The molecule has 0 radical (unpaired) electrons. The number of benzene rings is 1. The number of nitrogens with zero attached hydrogens (tertiary/aromatic N) is 2. The second-order valence-corrected chi connectivity index (χ2v) is 4.40. The normalized spacial score (nSPS) is 17.6. The molecule has 2 aromatic rings. The number of para-hydroxylation sites is 2. The summed E-state index contributed by atoms with van der Waals surface area (Å²) in [5, 5.41) is 0. The highest BCUT2D eigenvalue weighted by atomic mass is 16.5. The summed E-state index contributed by atoms with van der Waals surface area (Å²) >= 11 is 0. The van der Waals surface area contributed by atoms with Crippen LogP contribution in [0.2, 0.25) is 0 Å². The predicted octanol–water partition coefficient (Wildman–Crippen LogP) is 1.44. The fourth-order valence-corrected chi connectivity index (χ4v) is 2.21. The van der Waals surface area contributed by atoms with Gasteiger partial charge in [0.1, 0.15) is 5.82 Å². The molecule has 1 fully saturated rings. The third-order valence-electron chi connectivity index (χ3n) is 3.21. The van der Waals surface area contributed by atoms with Crippen LogP contribution < -0.4 is 0 Å². The molecular weight excluding hydrogens is 214 g/mol. The minimum absolute atomic E-state index is 0.861. The summed E-state index contributed by atoms with van der Waals surface area (Å²) in [6.45, 7) is 4.86. The number of ether oxygens (including phenoxy) is 1. The van der Waals surface area contributed by atoms with Crippen molar-refractivity contribution in [3.8, 4) is 0 Å². The third kappa shape index (κ3) is 2.48. The second kappa shape index (κ2) is 4.85. The lowest BCUT2D eigenvalue weighted by atomic mass is 10.3. The van der Waals surface area contributed by atoms with Crippen LogP contribution in [0.15, 0.2) is 24.3 Å². The van der Waals surface area contributed by atoms with Crippen molar-refractivity contribution >= 4 is 11.0 Å². The van der Waals surface area contributed by atoms with Gasteiger partial charge in [-0.1, -0.05) is 12.1 Å². The van der Waals surface area contributed by atoms with Crippen LogP contribution in [0.5, 0.6) is 0 Å². The Morgan fingerprint density at radius 3 is 2.88 bits per heavy atom. The van der Waals surface area contributed by atoms with Crippen LogP contribution in [-0.2, 0) is 11.2 Å². The first-order chi connectivity index (χ1) is 8.42. The molecule has 1 saturated heterocycles. The van der Waals surface area contributed by atoms with Gasteiger partial charge in [-0.05, 0) is 12.1 Å². The number of hydrogen-bond acceptors (Lipinski definition) is 3. The van der Waals surface area contributed by atoms with E-state index in [0.717, 1.165) is 56.1 Å². The van der Waals surface area contributed by atoms with Gasteiger partial charge in [-0.3, -0.25) is 4.90 Å². The van der Waals surface area contributed by atoms with E-state index in [2.05, 4.69) is 20.9 Å². The number of H-pyrrole nitrogens is 1. The highest BCUT2D eigenvalue weighted by Gasteiger charge is 2.10. The van der Waals surface area contributed by atoms with Gasteiger partial charge in [0.25, 0.3) is 0 Å². The Kier molecular flexibility index (Phi) is 3.07. The molecule has 17 heavy (non-hydrogen) atoms. The molecule has 4 nitrogen and oxygen atoms in total. The first-order valence-electron chi connectivity index (χ1n) is 6.15. The average molecular weight is 231 g/mol. The maximum atomic E-state index is 5.33. The van der Waals surface area contributed by atoms with Gasteiger partial charge >= 0.3 is 0 Å². The van der Waals surface area contributed by atoms with Crippen molar-refractivity contribution in [1.82, 2.24) is 14.9 Å². The minimum atomic E-state index is 0.861. The van der Waals surface area contributed by atoms with Crippen LogP contribution in [0, 0.1) is 0 Å². The van der Waals surface area contributed by atoms with Gasteiger partial charge < -0.3 is 9.72 Å². The van der Waals surface area contributed by atoms with Crippen molar-refractivity contribution in [2.45, 2.75) is 6.42 Å². The van der Waals surface area contributed by atoms with Crippen molar-refractivity contribution < 1.29 is 4.74 Å². The molecule has 0 aliphatic carbocycles. The van der Waals surface area contributed by atoms with Gasteiger partial charge in [-0.25, -0.2) is 4.98 Å². The van der Waals surface area contributed by atoms with Gasteiger partial charge in [0.2, 0.25) is 0 Å². The highest BCUT2D eigenvalue weighted by molar-refractivity contribution is 5.74. The van der Waals surface area contributed by atoms with Crippen LogP contribution in [0.3, 0.4) is 0 Å². The maximum absolute atomic E-state index is 5.33. The molecule has 0 atom stereocenters. The number of morpholine rings is 1. The minimum Gasteiger partial charge on any atom is -0.379 e. The van der Waals surface area contributed by atoms with Crippen molar-refractivity contribution in [2.75, 3.05) is 32.8 Å². The predicted molar refractivity (Wildman–Crippen MR) is 67.1 cm³/mol. The van der Waals surface area contributed by atoms with Gasteiger partial charge in [-0.15, -0.1) is 0 Å².